The average molecular weight is 327 g/mol. The smallest absolute Gasteiger partial charge is 0.242 e. The van der Waals surface area contributed by atoms with Crippen molar-refractivity contribution in [3.8, 4) is 0 Å². The Morgan fingerprint density at radius 3 is 2.71 bits per heavy atom. The van der Waals surface area contributed by atoms with E-state index in [1.807, 2.05) is 0 Å². The number of hydrogen-bond acceptors (Lipinski definition) is 4. The quantitative estimate of drug-likeness (QED) is 0.826. The Balaban J connectivity index is 2.13. The lowest BCUT2D eigenvalue weighted by molar-refractivity contribution is 0.212. The van der Waals surface area contributed by atoms with Gasteiger partial charge in [0.25, 0.3) is 0 Å². The molecule has 7 heteroatoms. The van der Waals surface area contributed by atoms with E-state index in [0.29, 0.717) is 5.69 Å². The van der Waals surface area contributed by atoms with Crippen molar-refractivity contribution in [2.24, 2.45) is 11.1 Å². The second-order valence-corrected chi connectivity index (χ2v) is 8.48. The first kappa shape index (κ1) is 16.3. The molecule has 1 aromatic heterocycles. The number of nitrogens with zero attached hydrogens (tertiary/aromatic N) is 1. The lowest BCUT2D eigenvalue weighted by atomic mass is 9.75. The van der Waals surface area contributed by atoms with Crippen LogP contribution in [0.1, 0.15) is 45.2 Å². The molecule has 5 nitrogen and oxygen atoms in total. The van der Waals surface area contributed by atoms with Gasteiger partial charge in [-0.25, -0.2) is 13.1 Å². The zero-order valence-corrected chi connectivity index (χ0v) is 13.9. The minimum absolute atomic E-state index is 0.0194. The molecular weight excluding hydrogens is 306 g/mol. The molecule has 1 heterocycles. The van der Waals surface area contributed by atoms with E-state index in [-0.39, 0.29) is 21.3 Å². The Labute approximate surface area is 131 Å². The van der Waals surface area contributed by atoms with Crippen LogP contribution < -0.4 is 10.5 Å². The van der Waals surface area contributed by atoms with Gasteiger partial charge in [0.1, 0.15) is 9.88 Å². The number of hydrogen-bond donors (Lipinski definition) is 2. The second-order valence-electron chi connectivity index (χ2n) is 6.32. The minimum Gasteiger partial charge on any atom is -0.388 e. The van der Waals surface area contributed by atoms with Crippen LogP contribution in [0.3, 0.4) is 0 Å². The van der Waals surface area contributed by atoms with E-state index in [9.17, 15) is 8.42 Å². The van der Waals surface area contributed by atoms with Crippen molar-refractivity contribution in [3.05, 3.63) is 24.0 Å². The van der Waals surface area contributed by atoms with Crippen LogP contribution in [-0.4, -0.2) is 24.4 Å². The predicted octanol–water partition coefficient (Wildman–Crippen LogP) is 1.96. The minimum atomic E-state index is -3.55. The Morgan fingerprint density at radius 2 is 2.19 bits per heavy atom. The van der Waals surface area contributed by atoms with E-state index >= 15 is 0 Å². The SMILES string of the molecule is CC1(C)CCCC(NS(=O)(=O)c2ccc(C(N)=S)nc2)C1. The van der Waals surface area contributed by atoms with E-state index in [2.05, 4.69) is 23.6 Å². The molecule has 0 radical (unpaired) electrons. The fourth-order valence-corrected chi connectivity index (χ4v) is 4.11. The molecule has 21 heavy (non-hydrogen) atoms. The number of sulfonamides is 1. The summed E-state index contributed by atoms with van der Waals surface area (Å²) < 4.78 is 27.5. The molecule has 1 saturated carbocycles. The van der Waals surface area contributed by atoms with Gasteiger partial charge >= 0.3 is 0 Å². The second kappa shape index (κ2) is 5.98. The third kappa shape index (κ3) is 4.21. The zero-order chi connectivity index (χ0) is 15.7. The number of aromatic nitrogens is 1. The highest BCUT2D eigenvalue weighted by Crippen LogP contribution is 2.35. The van der Waals surface area contributed by atoms with E-state index in [1.165, 1.54) is 18.3 Å². The van der Waals surface area contributed by atoms with E-state index < -0.39 is 10.0 Å². The van der Waals surface area contributed by atoms with Gasteiger partial charge in [-0.15, -0.1) is 0 Å². The molecular formula is C14H21N3O2S2. The summed E-state index contributed by atoms with van der Waals surface area (Å²) in [4.78, 5) is 4.28. The molecule has 0 spiro atoms. The summed E-state index contributed by atoms with van der Waals surface area (Å²) in [5.41, 5.74) is 6.06. The molecule has 1 fully saturated rings. The van der Waals surface area contributed by atoms with Crippen LogP contribution in [0.4, 0.5) is 0 Å². The number of nitrogens with two attached hydrogens (primary N) is 1. The third-order valence-electron chi connectivity index (χ3n) is 3.83. The Bertz CT molecular complexity index is 624. The lowest BCUT2D eigenvalue weighted by Gasteiger charge is -2.35. The summed E-state index contributed by atoms with van der Waals surface area (Å²) in [6.45, 7) is 4.35. The fourth-order valence-electron chi connectivity index (χ4n) is 2.77. The number of rotatable bonds is 4. The van der Waals surface area contributed by atoms with E-state index in [1.54, 1.807) is 0 Å². The molecule has 2 rings (SSSR count). The van der Waals surface area contributed by atoms with Gasteiger partial charge in [0.05, 0.1) is 5.69 Å². The van der Waals surface area contributed by atoms with Crippen LogP contribution in [0.2, 0.25) is 0 Å². The van der Waals surface area contributed by atoms with Gasteiger partial charge in [0.2, 0.25) is 10.0 Å². The average Bonchev–Trinajstić information content (AvgIpc) is 2.37. The number of nitrogens with one attached hydrogen (secondary N) is 1. The maximum Gasteiger partial charge on any atom is 0.242 e. The predicted molar refractivity (Wildman–Crippen MR) is 86.5 cm³/mol. The molecule has 1 aliphatic carbocycles. The lowest BCUT2D eigenvalue weighted by Crippen LogP contribution is -2.40. The summed E-state index contributed by atoms with van der Waals surface area (Å²) in [5.74, 6) is 0. The Kier molecular flexibility index (Phi) is 4.65. The Hall–Kier alpha value is -1.05. The maximum atomic E-state index is 12.4. The highest BCUT2D eigenvalue weighted by atomic mass is 32.2. The van der Waals surface area contributed by atoms with E-state index in [0.717, 1.165) is 25.7 Å². The van der Waals surface area contributed by atoms with E-state index in [4.69, 9.17) is 18.0 Å². The molecule has 0 bridgehead atoms. The maximum absolute atomic E-state index is 12.4. The van der Waals surface area contributed by atoms with Crippen LogP contribution in [0.25, 0.3) is 0 Å². The van der Waals surface area contributed by atoms with Gasteiger partial charge in [0.15, 0.2) is 0 Å². The van der Waals surface area contributed by atoms with Crippen molar-refractivity contribution in [2.45, 2.75) is 50.5 Å². The van der Waals surface area contributed by atoms with Gasteiger partial charge in [0, 0.05) is 12.2 Å². The van der Waals surface area contributed by atoms with Gasteiger partial charge < -0.3 is 5.73 Å². The molecule has 0 aromatic carbocycles. The van der Waals surface area contributed by atoms with Gasteiger partial charge in [-0.05, 0) is 36.8 Å². The van der Waals surface area contributed by atoms with Crippen molar-refractivity contribution >= 4 is 27.2 Å². The summed E-state index contributed by atoms with van der Waals surface area (Å²) >= 11 is 4.80. The van der Waals surface area contributed by atoms with Crippen LogP contribution in [0, 0.1) is 5.41 Å². The topological polar surface area (TPSA) is 85.1 Å². The summed E-state index contributed by atoms with van der Waals surface area (Å²) in [5, 5.41) is 0. The number of thiocarbonyl (C=S) groups is 1. The first-order chi connectivity index (χ1) is 9.70. The summed E-state index contributed by atoms with van der Waals surface area (Å²) in [6.07, 6.45) is 5.20. The van der Waals surface area contributed by atoms with Crippen molar-refractivity contribution in [2.75, 3.05) is 0 Å². The molecule has 0 amide bonds. The highest BCUT2D eigenvalue weighted by molar-refractivity contribution is 7.89. The Morgan fingerprint density at radius 1 is 1.48 bits per heavy atom. The molecule has 1 atom stereocenters. The first-order valence-corrected chi connectivity index (χ1v) is 8.87. The number of pyridine rings is 1. The largest absolute Gasteiger partial charge is 0.388 e. The molecule has 0 aliphatic heterocycles. The summed E-state index contributed by atoms with van der Waals surface area (Å²) in [6, 6.07) is 2.99. The monoisotopic (exact) mass is 327 g/mol. The molecule has 0 saturated heterocycles. The van der Waals surface area contributed by atoms with Crippen LogP contribution in [-0.2, 0) is 10.0 Å². The van der Waals surface area contributed by atoms with Gasteiger partial charge in [-0.2, -0.15) is 0 Å². The molecule has 116 valence electrons. The van der Waals surface area contributed by atoms with Crippen LogP contribution in [0.15, 0.2) is 23.2 Å². The molecule has 1 aromatic rings. The van der Waals surface area contributed by atoms with Crippen LogP contribution in [0.5, 0.6) is 0 Å². The molecule has 3 N–H and O–H groups in total. The normalized spacial score (nSPS) is 21.9. The zero-order valence-electron chi connectivity index (χ0n) is 12.3. The van der Waals surface area contributed by atoms with Crippen molar-refractivity contribution in [1.29, 1.82) is 0 Å². The van der Waals surface area contributed by atoms with Crippen molar-refractivity contribution in [1.82, 2.24) is 9.71 Å². The standard InChI is InChI=1S/C14H21N3O2S2/c1-14(2)7-3-4-10(8-14)17-21(18,19)11-5-6-12(13(15)20)16-9-11/h5-6,9-10,17H,3-4,7-8H2,1-2H3,(H2,15,20). The van der Waals surface area contributed by atoms with Crippen molar-refractivity contribution in [3.63, 3.8) is 0 Å². The third-order valence-corrected chi connectivity index (χ3v) is 5.54. The van der Waals surface area contributed by atoms with Gasteiger partial charge in [-0.1, -0.05) is 32.5 Å². The molecule has 1 aliphatic rings. The van der Waals surface area contributed by atoms with Gasteiger partial charge in [-0.3, -0.25) is 4.98 Å². The van der Waals surface area contributed by atoms with Crippen LogP contribution >= 0.6 is 12.2 Å². The first-order valence-electron chi connectivity index (χ1n) is 6.98. The highest BCUT2D eigenvalue weighted by Gasteiger charge is 2.30. The van der Waals surface area contributed by atoms with Crippen molar-refractivity contribution < 1.29 is 8.42 Å². The summed E-state index contributed by atoms with van der Waals surface area (Å²) in [7, 11) is -3.55. The molecule has 1 unspecified atom stereocenters. The fraction of sp³-hybridized carbons (Fsp3) is 0.571.